The molecule has 0 spiro atoms. The molecule has 0 aromatic carbocycles. The van der Waals surface area contributed by atoms with Crippen molar-refractivity contribution in [2.75, 3.05) is 18.6 Å². The molecule has 0 saturated heterocycles. The van der Waals surface area contributed by atoms with Gasteiger partial charge in [-0.1, -0.05) is 12.1 Å². The van der Waals surface area contributed by atoms with Gasteiger partial charge in [0.15, 0.2) is 5.76 Å². The maximum atomic E-state index is 11.9. The molecule has 2 aromatic rings. The highest BCUT2D eigenvalue weighted by Crippen LogP contribution is 2.18. The number of aromatic nitrogens is 2. The number of thioether (sulfide) groups is 1. The summed E-state index contributed by atoms with van der Waals surface area (Å²) in [6, 6.07) is 5.61. The van der Waals surface area contributed by atoms with E-state index < -0.39 is 0 Å². The Morgan fingerprint density at radius 1 is 1.38 bits per heavy atom. The Morgan fingerprint density at radius 2 is 2.14 bits per heavy atom. The molecule has 0 bridgehead atoms. The van der Waals surface area contributed by atoms with Crippen molar-refractivity contribution in [2.24, 2.45) is 0 Å². The Morgan fingerprint density at radius 3 is 2.86 bits per heavy atom. The topological polar surface area (TPSA) is 59.2 Å². The van der Waals surface area contributed by atoms with Crippen molar-refractivity contribution in [1.29, 1.82) is 0 Å². The molecule has 0 saturated carbocycles. The Labute approximate surface area is 128 Å². The van der Waals surface area contributed by atoms with Crippen LogP contribution in [0.15, 0.2) is 35.1 Å². The number of rotatable bonds is 7. The molecule has 0 aliphatic carbocycles. The molecule has 0 fully saturated rings. The van der Waals surface area contributed by atoms with Gasteiger partial charge in [0.2, 0.25) is 5.91 Å². The minimum atomic E-state index is 0.107. The molecular formula is C15H19N3O2S. The molecule has 21 heavy (non-hydrogen) atoms. The van der Waals surface area contributed by atoms with Gasteiger partial charge in [0.1, 0.15) is 5.69 Å². The summed E-state index contributed by atoms with van der Waals surface area (Å²) in [6.45, 7) is 2.54. The van der Waals surface area contributed by atoms with Crippen molar-refractivity contribution in [1.82, 2.24) is 15.0 Å². The highest BCUT2D eigenvalue weighted by molar-refractivity contribution is 7.99. The van der Waals surface area contributed by atoms with Gasteiger partial charge in [-0.15, -0.1) is 0 Å². The average Bonchev–Trinajstić information content (AvgIpc) is 2.97. The van der Waals surface area contributed by atoms with Crippen LogP contribution < -0.4 is 0 Å². The molecule has 2 rings (SSSR count). The molecule has 2 aromatic heterocycles. The fraction of sp³-hybridized carbons (Fsp3) is 0.400. The first-order valence-electron chi connectivity index (χ1n) is 6.88. The van der Waals surface area contributed by atoms with E-state index in [9.17, 15) is 4.79 Å². The standard InChI is InChI=1S/C15H19N3O2S/c1-3-8-21-11-15(19)18(2)10-13-9-14(17-20-13)12-4-6-16-7-5-12/h4-7,9H,3,8,10-11H2,1-2H3. The number of hydrogen-bond donors (Lipinski definition) is 0. The van der Waals surface area contributed by atoms with Crippen LogP contribution in [0, 0.1) is 0 Å². The van der Waals surface area contributed by atoms with Gasteiger partial charge < -0.3 is 9.42 Å². The number of carbonyl (C=O) groups excluding carboxylic acids is 1. The fourth-order valence-electron chi connectivity index (χ4n) is 1.78. The number of nitrogens with zero attached hydrogens (tertiary/aromatic N) is 3. The molecule has 0 radical (unpaired) electrons. The first-order chi connectivity index (χ1) is 10.2. The van der Waals surface area contributed by atoms with Crippen molar-refractivity contribution in [3.8, 4) is 11.3 Å². The van der Waals surface area contributed by atoms with E-state index in [0.717, 1.165) is 23.4 Å². The maximum absolute atomic E-state index is 11.9. The zero-order valence-corrected chi connectivity index (χ0v) is 13.1. The first kappa shape index (κ1) is 15.6. The van der Waals surface area contributed by atoms with Crippen molar-refractivity contribution >= 4 is 17.7 Å². The third-order valence-electron chi connectivity index (χ3n) is 2.93. The van der Waals surface area contributed by atoms with Gasteiger partial charge in [-0.25, -0.2) is 0 Å². The molecule has 112 valence electrons. The van der Waals surface area contributed by atoms with E-state index in [1.165, 1.54) is 0 Å². The van der Waals surface area contributed by atoms with Crippen molar-refractivity contribution in [2.45, 2.75) is 19.9 Å². The molecular weight excluding hydrogens is 286 g/mol. The van der Waals surface area contributed by atoms with Crippen LogP contribution in [0.25, 0.3) is 11.3 Å². The predicted octanol–water partition coefficient (Wildman–Crippen LogP) is 2.84. The Kier molecular flexibility index (Phi) is 5.80. The molecule has 0 N–H and O–H groups in total. The van der Waals surface area contributed by atoms with Crippen LogP contribution in [0.1, 0.15) is 19.1 Å². The van der Waals surface area contributed by atoms with Crippen molar-refractivity contribution in [3.63, 3.8) is 0 Å². The Bertz CT molecular complexity index is 571. The van der Waals surface area contributed by atoms with Crippen LogP contribution in [0.3, 0.4) is 0 Å². The molecule has 0 atom stereocenters. The summed E-state index contributed by atoms with van der Waals surface area (Å²) >= 11 is 1.66. The van der Waals surface area contributed by atoms with E-state index in [4.69, 9.17) is 4.52 Å². The normalized spacial score (nSPS) is 10.6. The van der Waals surface area contributed by atoms with E-state index in [1.807, 2.05) is 18.2 Å². The molecule has 2 heterocycles. The maximum Gasteiger partial charge on any atom is 0.232 e. The van der Waals surface area contributed by atoms with Crippen molar-refractivity contribution < 1.29 is 9.32 Å². The zero-order chi connectivity index (χ0) is 15.1. The van der Waals surface area contributed by atoms with E-state index >= 15 is 0 Å². The second-order valence-corrected chi connectivity index (χ2v) is 5.82. The summed E-state index contributed by atoms with van der Waals surface area (Å²) in [5.74, 6) is 2.30. The smallest absolute Gasteiger partial charge is 0.232 e. The van der Waals surface area contributed by atoms with Crippen LogP contribution in [0.4, 0.5) is 0 Å². The van der Waals surface area contributed by atoms with Gasteiger partial charge in [-0.2, -0.15) is 11.8 Å². The summed E-state index contributed by atoms with van der Waals surface area (Å²) < 4.78 is 5.29. The molecule has 6 heteroatoms. The molecule has 1 amide bonds. The number of hydrogen-bond acceptors (Lipinski definition) is 5. The Hall–Kier alpha value is -1.82. The lowest BCUT2D eigenvalue weighted by Crippen LogP contribution is -2.27. The average molecular weight is 305 g/mol. The highest BCUT2D eigenvalue weighted by Gasteiger charge is 2.13. The molecule has 5 nitrogen and oxygen atoms in total. The predicted molar refractivity (Wildman–Crippen MR) is 83.8 cm³/mol. The van der Waals surface area contributed by atoms with Gasteiger partial charge in [0.05, 0.1) is 12.3 Å². The van der Waals surface area contributed by atoms with E-state index in [-0.39, 0.29) is 5.91 Å². The molecule has 0 unspecified atom stereocenters. The SMILES string of the molecule is CCCSCC(=O)N(C)Cc1cc(-c2ccncc2)no1. The third-order valence-corrected chi connectivity index (χ3v) is 4.08. The van der Waals surface area contributed by atoms with Crippen LogP contribution >= 0.6 is 11.8 Å². The summed E-state index contributed by atoms with van der Waals surface area (Å²) in [6.07, 6.45) is 4.51. The summed E-state index contributed by atoms with van der Waals surface area (Å²) in [4.78, 5) is 17.6. The lowest BCUT2D eigenvalue weighted by molar-refractivity contribution is -0.127. The Balaban J connectivity index is 1.91. The summed E-state index contributed by atoms with van der Waals surface area (Å²) in [7, 11) is 1.78. The van der Waals surface area contributed by atoms with Crippen LogP contribution in [-0.2, 0) is 11.3 Å². The van der Waals surface area contributed by atoms with Crippen molar-refractivity contribution in [3.05, 3.63) is 36.4 Å². The number of amides is 1. The quantitative estimate of drug-likeness (QED) is 0.736. The third kappa shape index (κ3) is 4.60. The number of carbonyl (C=O) groups is 1. The van der Waals surface area contributed by atoms with Gasteiger partial charge in [-0.3, -0.25) is 9.78 Å². The summed E-state index contributed by atoms with van der Waals surface area (Å²) in [5.41, 5.74) is 1.71. The fourth-order valence-corrected chi connectivity index (χ4v) is 2.61. The minimum Gasteiger partial charge on any atom is -0.359 e. The van der Waals surface area contributed by atoms with Gasteiger partial charge in [0, 0.05) is 31.1 Å². The lowest BCUT2D eigenvalue weighted by atomic mass is 10.2. The number of pyridine rings is 1. The van der Waals surface area contributed by atoms with Gasteiger partial charge in [-0.05, 0) is 24.3 Å². The largest absolute Gasteiger partial charge is 0.359 e. The molecule has 0 aliphatic rings. The van der Waals surface area contributed by atoms with Crippen LogP contribution in [0.5, 0.6) is 0 Å². The molecule has 0 aliphatic heterocycles. The zero-order valence-electron chi connectivity index (χ0n) is 12.3. The highest BCUT2D eigenvalue weighted by atomic mass is 32.2. The van der Waals surface area contributed by atoms with E-state index in [0.29, 0.717) is 18.1 Å². The summed E-state index contributed by atoms with van der Waals surface area (Å²) in [5, 5.41) is 4.03. The second-order valence-electron chi connectivity index (χ2n) is 4.72. The second kappa shape index (κ2) is 7.83. The van der Waals surface area contributed by atoms with Gasteiger partial charge >= 0.3 is 0 Å². The van der Waals surface area contributed by atoms with Gasteiger partial charge in [0.25, 0.3) is 0 Å². The van der Waals surface area contributed by atoms with Crippen LogP contribution in [-0.4, -0.2) is 39.5 Å². The minimum absolute atomic E-state index is 0.107. The van der Waals surface area contributed by atoms with E-state index in [1.54, 1.807) is 36.1 Å². The lowest BCUT2D eigenvalue weighted by Gasteiger charge is -2.14. The van der Waals surface area contributed by atoms with Crippen LogP contribution in [0.2, 0.25) is 0 Å². The first-order valence-corrected chi connectivity index (χ1v) is 8.04. The van der Waals surface area contributed by atoms with E-state index in [2.05, 4.69) is 17.1 Å². The monoisotopic (exact) mass is 305 g/mol.